The Morgan fingerprint density at radius 1 is 1.10 bits per heavy atom. The number of anilines is 1. The average molecular weight is 393 g/mol. The van der Waals surface area contributed by atoms with Crippen LogP contribution in [0.25, 0.3) is 22.0 Å². The molecule has 1 amide bonds. The fraction of sp³-hybridized carbons (Fsp3) is 0.318. The number of aromatic nitrogens is 2. The van der Waals surface area contributed by atoms with Crippen molar-refractivity contribution in [2.24, 2.45) is 0 Å². The summed E-state index contributed by atoms with van der Waals surface area (Å²) in [4.78, 5) is 22.8. The van der Waals surface area contributed by atoms with Crippen molar-refractivity contribution in [2.75, 3.05) is 32.9 Å². The molecule has 0 unspecified atom stereocenters. The van der Waals surface area contributed by atoms with Crippen molar-refractivity contribution < 1.29 is 9.53 Å². The lowest BCUT2D eigenvalue weighted by Crippen LogP contribution is -2.31. The van der Waals surface area contributed by atoms with E-state index in [4.69, 9.17) is 10.5 Å². The summed E-state index contributed by atoms with van der Waals surface area (Å²) in [6.45, 7) is 5.29. The molecule has 0 bridgehead atoms. The minimum atomic E-state index is -0.0755. The molecule has 7 heteroatoms. The monoisotopic (exact) mass is 393 g/mol. The number of hydrogen-bond donors (Lipinski definition) is 2. The van der Waals surface area contributed by atoms with E-state index in [0.29, 0.717) is 18.0 Å². The third-order valence-corrected chi connectivity index (χ3v) is 4.35. The predicted octanol–water partition coefficient (Wildman–Crippen LogP) is 2.96. The van der Waals surface area contributed by atoms with E-state index in [9.17, 15) is 4.79 Å². The summed E-state index contributed by atoms with van der Waals surface area (Å²) < 4.78 is 5.82. The van der Waals surface area contributed by atoms with Crippen LogP contribution >= 0.6 is 0 Å². The maximum absolute atomic E-state index is 12.3. The molecule has 0 atom stereocenters. The van der Waals surface area contributed by atoms with Gasteiger partial charge in [0.15, 0.2) is 0 Å². The fourth-order valence-corrected chi connectivity index (χ4v) is 2.92. The molecule has 3 N–H and O–H groups in total. The quantitative estimate of drug-likeness (QED) is 0.641. The van der Waals surface area contributed by atoms with Crippen LogP contribution in [0.4, 0.5) is 5.95 Å². The van der Waals surface area contributed by atoms with Gasteiger partial charge in [-0.15, -0.1) is 0 Å². The first kappa shape index (κ1) is 20.5. The van der Waals surface area contributed by atoms with E-state index in [1.165, 1.54) is 0 Å². The molecule has 0 aliphatic carbocycles. The number of benzene rings is 2. The number of amides is 1. The van der Waals surface area contributed by atoms with Crippen LogP contribution in [0, 0.1) is 0 Å². The van der Waals surface area contributed by atoms with Gasteiger partial charge in [-0.3, -0.25) is 4.79 Å². The minimum absolute atomic E-state index is 0.0264. The molecule has 0 saturated heterocycles. The van der Waals surface area contributed by atoms with E-state index >= 15 is 0 Å². The molecule has 3 rings (SSSR count). The number of nitrogens with one attached hydrogen (secondary N) is 1. The third-order valence-electron chi connectivity index (χ3n) is 4.35. The van der Waals surface area contributed by atoms with Crippen molar-refractivity contribution in [2.45, 2.75) is 20.0 Å². The van der Waals surface area contributed by atoms with E-state index in [1.54, 1.807) is 0 Å². The van der Waals surface area contributed by atoms with Gasteiger partial charge in [0.1, 0.15) is 0 Å². The van der Waals surface area contributed by atoms with Crippen LogP contribution in [0.2, 0.25) is 0 Å². The van der Waals surface area contributed by atoms with Crippen LogP contribution < -0.4 is 15.8 Å². The molecule has 0 saturated carbocycles. The smallest absolute Gasteiger partial charge is 0.251 e. The number of ether oxygens (including phenoxy) is 1. The zero-order chi connectivity index (χ0) is 21.0. The van der Waals surface area contributed by atoms with Crippen LogP contribution in [-0.2, 0) is 0 Å². The fourth-order valence-electron chi connectivity index (χ4n) is 2.92. The number of hydrogen-bond acceptors (Lipinski definition) is 6. The zero-order valence-corrected chi connectivity index (χ0v) is 17.3. The summed E-state index contributed by atoms with van der Waals surface area (Å²) in [6, 6.07) is 13.4. The van der Waals surface area contributed by atoms with Crippen LogP contribution in [0.3, 0.4) is 0 Å². The summed E-state index contributed by atoms with van der Waals surface area (Å²) in [5, 5.41) is 3.72. The van der Waals surface area contributed by atoms with Crippen LogP contribution in [0.15, 0.2) is 42.5 Å². The number of carbonyl (C=O) groups excluding carboxylic acids is 1. The maximum atomic E-state index is 12.3. The number of nitrogens with zero attached hydrogens (tertiary/aromatic N) is 3. The molecule has 1 heterocycles. The molecule has 0 aliphatic rings. The highest BCUT2D eigenvalue weighted by molar-refractivity contribution is 5.95. The summed E-state index contributed by atoms with van der Waals surface area (Å²) in [5.74, 6) is 0.583. The molecule has 1 aromatic heterocycles. The maximum Gasteiger partial charge on any atom is 0.251 e. The summed E-state index contributed by atoms with van der Waals surface area (Å²) >= 11 is 0. The first-order valence-corrected chi connectivity index (χ1v) is 9.61. The van der Waals surface area contributed by atoms with Crippen molar-refractivity contribution in [3.63, 3.8) is 0 Å². The van der Waals surface area contributed by atoms with E-state index < -0.39 is 0 Å². The molecule has 0 aliphatic heterocycles. The molecule has 152 valence electrons. The van der Waals surface area contributed by atoms with Crippen LogP contribution in [0.1, 0.15) is 24.2 Å². The van der Waals surface area contributed by atoms with E-state index in [2.05, 4.69) is 15.3 Å². The lowest BCUT2D eigenvalue weighted by atomic mass is 10.0. The van der Waals surface area contributed by atoms with Crippen LogP contribution in [0.5, 0.6) is 5.88 Å². The summed E-state index contributed by atoms with van der Waals surface area (Å²) in [6.07, 6.45) is -0.0264. The lowest BCUT2D eigenvalue weighted by molar-refractivity contribution is 0.0951. The van der Waals surface area contributed by atoms with Crippen molar-refractivity contribution in [1.29, 1.82) is 0 Å². The number of carbonyl (C=O) groups is 1. The Morgan fingerprint density at radius 3 is 2.45 bits per heavy atom. The molecule has 0 spiro atoms. The summed E-state index contributed by atoms with van der Waals surface area (Å²) in [7, 11) is 3.95. The molecule has 3 aromatic rings. The van der Waals surface area contributed by atoms with Crippen molar-refractivity contribution in [1.82, 2.24) is 20.2 Å². The standard InChI is InChI=1S/C22H27N5O2/c1-14(2)29-21-18-13-17(9-10-19(18)25-22(23)26-21)15-5-7-16(8-6-15)20(28)24-11-12-27(3)4/h5-10,13-14H,11-12H2,1-4H3,(H,24,28)(H2,23,25,26). The number of rotatable bonds is 7. The second-order valence-electron chi connectivity index (χ2n) is 7.42. The Labute approximate surface area is 170 Å². The van der Waals surface area contributed by atoms with Gasteiger partial charge in [0.25, 0.3) is 5.91 Å². The topological polar surface area (TPSA) is 93.4 Å². The molecule has 0 radical (unpaired) electrons. The largest absolute Gasteiger partial charge is 0.474 e. The van der Waals surface area contributed by atoms with Gasteiger partial charge in [-0.1, -0.05) is 18.2 Å². The molecular formula is C22H27N5O2. The summed E-state index contributed by atoms with van der Waals surface area (Å²) in [5.41, 5.74) is 9.14. The predicted molar refractivity (Wildman–Crippen MR) is 116 cm³/mol. The highest BCUT2D eigenvalue weighted by atomic mass is 16.5. The van der Waals surface area contributed by atoms with Gasteiger partial charge in [-0.2, -0.15) is 4.98 Å². The average Bonchev–Trinajstić information content (AvgIpc) is 2.67. The van der Waals surface area contributed by atoms with Gasteiger partial charge < -0.3 is 20.7 Å². The highest BCUT2D eigenvalue weighted by Crippen LogP contribution is 2.29. The Hall–Kier alpha value is -3.19. The van der Waals surface area contributed by atoms with Crippen molar-refractivity contribution in [3.05, 3.63) is 48.0 Å². The first-order chi connectivity index (χ1) is 13.8. The van der Waals surface area contributed by atoms with Crippen LogP contribution in [-0.4, -0.2) is 54.1 Å². The minimum Gasteiger partial charge on any atom is -0.474 e. The Kier molecular flexibility index (Phi) is 6.29. The van der Waals surface area contributed by atoms with E-state index in [1.807, 2.05) is 75.3 Å². The molecule has 29 heavy (non-hydrogen) atoms. The first-order valence-electron chi connectivity index (χ1n) is 9.61. The van der Waals surface area contributed by atoms with Gasteiger partial charge >= 0.3 is 0 Å². The molecule has 7 nitrogen and oxygen atoms in total. The van der Waals surface area contributed by atoms with Crippen molar-refractivity contribution >= 4 is 22.8 Å². The number of likely N-dealkylation sites (N-methyl/N-ethyl adjacent to an activating group) is 1. The van der Waals surface area contributed by atoms with Gasteiger partial charge in [0, 0.05) is 18.7 Å². The molecular weight excluding hydrogens is 366 g/mol. The SMILES string of the molecule is CC(C)Oc1nc(N)nc2ccc(-c3ccc(C(=O)NCCN(C)C)cc3)cc12. The van der Waals surface area contributed by atoms with E-state index in [-0.39, 0.29) is 18.0 Å². The van der Waals surface area contributed by atoms with Gasteiger partial charge in [0.2, 0.25) is 11.8 Å². The zero-order valence-electron chi connectivity index (χ0n) is 17.3. The number of nitrogens with two attached hydrogens (primary N) is 1. The van der Waals surface area contributed by atoms with Gasteiger partial charge in [-0.25, -0.2) is 4.98 Å². The lowest BCUT2D eigenvalue weighted by Gasteiger charge is -2.13. The number of fused-ring (bicyclic) bond motifs is 1. The Bertz CT molecular complexity index is 1000. The van der Waals surface area contributed by atoms with Crippen molar-refractivity contribution in [3.8, 4) is 17.0 Å². The Balaban J connectivity index is 1.85. The molecule has 0 fully saturated rings. The van der Waals surface area contributed by atoms with Gasteiger partial charge in [0.05, 0.1) is 17.0 Å². The Morgan fingerprint density at radius 2 is 1.79 bits per heavy atom. The number of nitrogen functional groups attached to an aromatic ring is 1. The molecule has 2 aromatic carbocycles. The third kappa shape index (κ3) is 5.20. The normalized spacial score (nSPS) is 11.2. The van der Waals surface area contributed by atoms with E-state index in [0.717, 1.165) is 28.6 Å². The highest BCUT2D eigenvalue weighted by Gasteiger charge is 2.11. The second-order valence-corrected chi connectivity index (χ2v) is 7.42. The second kappa shape index (κ2) is 8.87. The van der Waals surface area contributed by atoms with Gasteiger partial charge in [-0.05, 0) is 63.3 Å².